The molecule has 4 nitrogen and oxygen atoms in total. The third kappa shape index (κ3) is 2.92. The number of aliphatic imine (C=N–C) groups is 1. The molecule has 0 unspecified atom stereocenters. The third-order valence-electron chi connectivity index (χ3n) is 3.59. The maximum atomic E-state index is 11.8. The molecule has 0 saturated carbocycles. The number of ether oxygens (including phenoxy) is 1. The highest BCUT2D eigenvalue weighted by atomic mass is 16.5. The number of benzene rings is 3. The Hall–Kier alpha value is -3.14. The van der Waals surface area contributed by atoms with Gasteiger partial charge in [0.1, 0.15) is 5.75 Å². The van der Waals surface area contributed by atoms with E-state index in [4.69, 9.17) is 4.74 Å². The van der Waals surface area contributed by atoms with Crippen LogP contribution in [0.5, 0.6) is 5.75 Å². The summed E-state index contributed by atoms with van der Waals surface area (Å²) in [6, 6.07) is 18.1. The molecule has 0 saturated heterocycles. The van der Waals surface area contributed by atoms with Crippen molar-refractivity contribution in [2.45, 2.75) is 0 Å². The first-order valence-electron chi connectivity index (χ1n) is 7.13. The highest BCUT2D eigenvalue weighted by Crippen LogP contribution is 2.27. The average molecular weight is 305 g/mol. The topological polar surface area (TPSA) is 58.9 Å². The van der Waals surface area contributed by atoms with Gasteiger partial charge in [0.05, 0.1) is 18.4 Å². The van der Waals surface area contributed by atoms with Gasteiger partial charge in [-0.2, -0.15) is 0 Å². The summed E-state index contributed by atoms with van der Waals surface area (Å²) in [5.41, 5.74) is 1.49. The van der Waals surface area contributed by atoms with Crippen LogP contribution in [0.1, 0.15) is 15.9 Å². The third-order valence-corrected chi connectivity index (χ3v) is 3.59. The van der Waals surface area contributed by atoms with E-state index in [0.29, 0.717) is 16.8 Å². The molecule has 0 fully saturated rings. The van der Waals surface area contributed by atoms with Gasteiger partial charge in [-0.3, -0.25) is 4.99 Å². The first kappa shape index (κ1) is 14.8. The van der Waals surface area contributed by atoms with Crippen molar-refractivity contribution in [3.63, 3.8) is 0 Å². The van der Waals surface area contributed by atoms with Crippen LogP contribution in [0.25, 0.3) is 10.8 Å². The largest absolute Gasteiger partial charge is 0.507 e. The van der Waals surface area contributed by atoms with Crippen LogP contribution in [0, 0.1) is 0 Å². The fourth-order valence-corrected chi connectivity index (χ4v) is 2.42. The Bertz CT molecular complexity index is 900. The zero-order valence-electron chi connectivity index (χ0n) is 12.6. The standard InChI is InChI=1S/C19H15NO3/c1-23-19(22)15-8-4-5-9-17(15)20-12-16-14-7-3-2-6-13(14)10-11-18(16)21/h2-12,21H,1H3. The maximum Gasteiger partial charge on any atom is 0.340 e. The van der Waals surface area contributed by atoms with Crippen molar-refractivity contribution < 1.29 is 14.6 Å². The van der Waals surface area contributed by atoms with E-state index in [1.54, 1.807) is 36.5 Å². The Morgan fingerprint density at radius 2 is 1.78 bits per heavy atom. The van der Waals surface area contributed by atoms with Gasteiger partial charge < -0.3 is 9.84 Å². The summed E-state index contributed by atoms with van der Waals surface area (Å²) in [5, 5.41) is 12.0. The van der Waals surface area contributed by atoms with Crippen molar-refractivity contribution in [1.82, 2.24) is 0 Å². The molecule has 0 aromatic heterocycles. The first-order chi connectivity index (χ1) is 11.2. The lowest BCUT2D eigenvalue weighted by atomic mass is 10.0. The van der Waals surface area contributed by atoms with Crippen molar-refractivity contribution in [3.8, 4) is 5.75 Å². The van der Waals surface area contributed by atoms with E-state index in [9.17, 15) is 9.90 Å². The number of aromatic hydroxyl groups is 1. The number of rotatable bonds is 3. The van der Waals surface area contributed by atoms with Crippen LogP contribution in [0.15, 0.2) is 65.7 Å². The lowest BCUT2D eigenvalue weighted by Crippen LogP contribution is -2.01. The molecule has 0 radical (unpaired) electrons. The zero-order valence-corrected chi connectivity index (χ0v) is 12.6. The van der Waals surface area contributed by atoms with Gasteiger partial charge in [0, 0.05) is 11.8 Å². The van der Waals surface area contributed by atoms with Gasteiger partial charge in [-0.15, -0.1) is 0 Å². The van der Waals surface area contributed by atoms with Crippen molar-refractivity contribution in [2.24, 2.45) is 4.99 Å². The van der Waals surface area contributed by atoms with Gasteiger partial charge in [-0.1, -0.05) is 42.5 Å². The van der Waals surface area contributed by atoms with Crippen molar-refractivity contribution >= 4 is 28.6 Å². The Morgan fingerprint density at radius 1 is 1.04 bits per heavy atom. The maximum absolute atomic E-state index is 11.8. The average Bonchev–Trinajstić information content (AvgIpc) is 2.60. The molecule has 0 atom stereocenters. The molecule has 3 aromatic carbocycles. The van der Waals surface area contributed by atoms with Crippen molar-refractivity contribution in [3.05, 3.63) is 71.8 Å². The predicted octanol–water partition coefficient (Wildman–Crippen LogP) is 4.08. The summed E-state index contributed by atoms with van der Waals surface area (Å²) in [6.07, 6.45) is 1.57. The lowest BCUT2D eigenvalue weighted by molar-refractivity contribution is 0.0601. The van der Waals surface area contributed by atoms with E-state index in [1.165, 1.54) is 7.11 Å². The van der Waals surface area contributed by atoms with E-state index < -0.39 is 5.97 Å². The zero-order chi connectivity index (χ0) is 16.2. The summed E-state index contributed by atoms with van der Waals surface area (Å²) < 4.78 is 4.76. The van der Waals surface area contributed by atoms with Gasteiger partial charge in [0.25, 0.3) is 0 Å². The number of hydrogen-bond acceptors (Lipinski definition) is 4. The van der Waals surface area contributed by atoms with Gasteiger partial charge in [-0.05, 0) is 29.0 Å². The Kier molecular flexibility index (Phi) is 4.06. The lowest BCUT2D eigenvalue weighted by Gasteiger charge is -2.06. The molecular weight excluding hydrogens is 290 g/mol. The molecule has 4 heteroatoms. The number of esters is 1. The van der Waals surface area contributed by atoms with Crippen LogP contribution in [-0.2, 0) is 4.74 Å². The van der Waals surface area contributed by atoms with E-state index in [0.717, 1.165) is 10.8 Å². The molecule has 3 rings (SSSR count). The molecule has 3 aromatic rings. The summed E-state index contributed by atoms with van der Waals surface area (Å²) in [7, 11) is 1.33. The highest BCUT2D eigenvalue weighted by Gasteiger charge is 2.10. The highest BCUT2D eigenvalue weighted by molar-refractivity contribution is 6.04. The summed E-state index contributed by atoms with van der Waals surface area (Å²) in [6.45, 7) is 0. The molecule has 0 amide bonds. The molecular formula is C19H15NO3. The smallest absolute Gasteiger partial charge is 0.340 e. The minimum Gasteiger partial charge on any atom is -0.507 e. The molecule has 1 N–H and O–H groups in total. The van der Waals surface area contributed by atoms with Gasteiger partial charge >= 0.3 is 5.97 Å². The molecule has 114 valence electrons. The monoisotopic (exact) mass is 305 g/mol. The number of methoxy groups -OCH3 is 1. The van der Waals surface area contributed by atoms with E-state index in [2.05, 4.69) is 4.99 Å². The Morgan fingerprint density at radius 3 is 2.61 bits per heavy atom. The molecule has 0 heterocycles. The molecule has 0 aliphatic rings. The summed E-state index contributed by atoms with van der Waals surface area (Å²) in [5.74, 6) is -0.303. The molecule has 0 spiro atoms. The number of fused-ring (bicyclic) bond motifs is 1. The first-order valence-corrected chi connectivity index (χ1v) is 7.13. The van der Waals surface area contributed by atoms with Crippen LogP contribution < -0.4 is 0 Å². The second-order valence-electron chi connectivity index (χ2n) is 4.99. The number of phenols is 1. The normalized spacial score (nSPS) is 11.0. The number of carbonyl (C=O) groups is 1. The fraction of sp³-hybridized carbons (Fsp3) is 0.0526. The van der Waals surface area contributed by atoms with Crippen molar-refractivity contribution in [1.29, 1.82) is 0 Å². The quantitative estimate of drug-likeness (QED) is 0.586. The Balaban J connectivity index is 2.08. The second-order valence-corrected chi connectivity index (χ2v) is 4.99. The molecule has 23 heavy (non-hydrogen) atoms. The van der Waals surface area contributed by atoms with Gasteiger partial charge in [0.2, 0.25) is 0 Å². The summed E-state index contributed by atoms with van der Waals surface area (Å²) in [4.78, 5) is 16.1. The van der Waals surface area contributed by atoms with E-state index >= 15 is 0 Å². The second kappa shape index (κ2) is 6.32. The summed E-state index contributed by atoms with van der Waals surface area (Å²) >= 11 is 0. The van der Waals surface area contributed by atoms with E-state index in [1.807, 2.05) is 30.3 Å². The number of carbonyl (C=O) groups excluding carboxylic acids is 1. The number of para-hydroxylation sites is 1. The van der Waals surface area contributed by atoms with Crippen molar-refractivity contribution in [2.75, 3.05) is 7.11 Å². The minimum atomic E-state index is -0.445. The minimum absolute atomic E-state index is 0.142. The fourth-order valence-electron chi connectivity index (χ4n) is 2.42. The SMILES string of the molecule is COC(=O)c1ccccc1N=Cc1c(O)ccc2ccccc12. The van der Waals surface area contributed by atoms with Crippen LogP contribution in [0.3, 0.4) is 0 Å². The number of phenolic OH excluding ortho intramolecular Hbond substituents is 1. The molecule has 0 bridgehead atoms. The van der Waals surface area contributed by atoms with Gasteiger partial charge in [0.15, 0.2) is 0 Å². The number of hydrogen-bond donors (Lipinski definition) is 1. The van der Waals surface area contributed by atoms with E-state index in [-0.39, 0.29) is 5.75 Å². The van der Waals surface area contributed by atoms with Crippen LogP contribution in [0.2, 0.25) is 0 Å². The number of nitrogens with zero attached hydrogens (tertiary/aromatic N) is 1. The van der Waals surface area contributed by atoms with Crippen LogP contribution in [0.4, 0.5) is 5.69 Å². The van der Waals surface area contributed by atoms with Crippen LogP contribution >= 0.6 is 0 Å². The predicted molar refractivity (Wildman–Crippen MR) is 90.6 cm³/mol. The molecule has 0 aliphatic heterocycles. The Labute approximate surface area is 133 Å². The molecule has 0 aliphatic carbocycles. The van der Waals surface area contributed by atoms with Gasteiger partial charge in [-0.25, -0.2) is 4.79 Å². The van der Waals surface area contributed by atoms with Crippen LogP contribution in [-0.4, -0.2) is 24.4 Å².